The van der Waals surface area contributed by atoms with Crippen LogP contribution in [0, 0.1) is 22.0 Å². The molecule has 0 radical (unpaired) electrons. The van der Waals surface area contributed by atoms with Crippen molar-refractivity contribution in [2.24, 2.45) is 11.8 Å². The number of aliphatic hydroxyl groups is 1. The van der Waals surface area contributed by atoms with Crippen molar-refractivity contribution in [3.63, 3.8) is 0 Å². The summed E-state index contributed by atoms with van der Waals surface area (Å²) in [7, 11) is 0. The molecule has 1 aromatic rings. The molecular weight excluding hydrogens is 282 g/mol. The lowest BCUT2D eigenvalue weighted by Crippen LogP contribution is -2.44. The zero-order valence-corrected chi connectivity index (χ0v) is 12.9. The zero-order chi connectivity index (χ0) is 15.7. The number of pyridine rings is 1. The number of nitrogens with zero attached hydrogens (tertiary/aromatic N) is 3. The van der Waals surface area contributed by atoms with Crippen molar-refractivity contribution in [2.45, 2.75) is 51.2 Å². The molecule has 1 saturated carbocycles. The monoisotopic (exact) mass is 305 g/mol. The van der Waals surface area contributed by atoms with Crippen LogP contribution in [-0.2, 0) is 0 Å². The number of anilines is 1. The van der Waals surface area contributed by atoms with Crippen molar-refractivity contribution in [1.82, 2.24) is 4.98 Å². The van der Waals surface area contributed by atoms with Gasteiger partial charge in [0.2, 0.25) is 5.82 Å². The minimum absolute atomic E-state index is 0.0627. The Labute approximate surface area is 130 Å². The van der Waals surface area contributed by atoms with E-state index in [2.05, 4.69) is 16.8 Å². The number of rotatable bonds is 3. The lowest BCUT2D eigenvalue weighted by atomic mass is 9.76. The predicted octanol–water partition coefficient (Wildman–Crippen LogP) is 2.76. The Balaban J connectivity index is 1.89. The Morgan fingerprint density at radius 3 is 3.00 bits per heavy atom. The lowest BCUT2D eigenvalue weighted by molar-refractivity contribution is -0.384. The smallest absolute Gasteiger partial charge is 0.311 e. The van der Waals surface area contributed by atoms with Gasteiger partial charge >= 0.3 is 5.69 Å². The molecule has 1 aliphatic heterocycles. The van der Waals surface area contributed by atoms with Gasteiger partial charge in [0.1, 0.15) is 0 Å². The van der Waals surface area contributed by atoms with E-state index in [9.17, 15) is 15.2 Å². The topological polar surface area (TPSA) is 79.5 Å². The Morgan fingerprint density at radius 2 is 2.23 bits per heavy atom. The number of hydrogen-bond donors (Lipinski definition) is 1. The molecule has 6 nitrogen and oxygen atoms in total. The molecule has 1 saturated heterocycles. The molecule has 0 unspecified atom stereocenters. The second-order valence-corrected chi connectivity index (χ2v) is 6.66. The van der Waals surface area contributed by atoms with Crippen LogP contribution in [0.25, 0.3) is 0 Å². The van der Waals surface area contributed by atoms with Crippen LogP contribution >= 0.6 is 0 Å². The van der Waals surface area contributed by atoms with Crippen molar-refractivity contribution in [3.8, 4) is 0 Å². The second kappa shape index (κ2) is 6.20. The van der Waals surface area contributed by atoms with Crippen LogP contribution in [-0.4, -0.2) is 33.7 Å². The first-order valence-electron chi connectivity index (χ1n) is 8.12. The summed E-state index contributed by atoms with van der Waals surface area (Å²) in [6.45, 7) is 3.00. The van der Waals surface area contributed by atoms with Crippen LogP contribution in [0.1, 0.15) is 39.0 Å². The molecule has 6 heteroatoms. The first-order chi connectivity index (χ1) is 10.6. The Bertz CT molecular complexity index is 551. The largest absolute Gasteiger partial charge is 0.393 e. The van der Waals surface area contributed by atoms with Crippen molar-refractivity contribution < 1.29 is 10.0 Å². The summed E-state index contributed by atoms with van der Waals surface area (Å²) in [5.74, 6) is 1.25. The van der Waals surface area contributed by atoms with Gasteiger partial charge in [-0.05, 0) is 44.1 Å². The van der Waals surface area contributed by atoms with E-state index >= 15 is 0 Å². The van der Waals surface area contributed by atoms with E-state index in [0.29, 0.717) is 11.7 Å². The highest BCUT2D eigenvalue weighted by Gasteiger charge is 2.40. The van der Waals surface area contributed by atoms with E-state index in [4.69, 9.17) is 0 Å². The summed E-state index contributed by atoms with van der Waals surface area (Å²) in [6, 6.07) is 3.27. The molecule has 0 amide bonds. The van der Waals surface area contributed by atoms with Crippen molar-refractivity contribution in [3.05, 3.63) is 28.4 Å². The van der Waals surface area contributed by atoms with Crippen LogP contribution in [0.3, 0.4) is 0 Å². The minimum atomic E-state index is -0.363. The fraction of sp³-hybridized carbons (Fsp3) is 0.688. The second-order valence-electron chi connectivity index (χ2n) is 6.66. The molecule has 120 valence electrons. The molecule has 1 N–H and O–H groups in total. The maximum atomic E-state index is 11.3. The highest BCUT2D eigenvalue weighted by atomic mass is 16.6. The Morgan fingerprint density at radius 1 is 1.41 bits per heavy atom. The molecule has 4 atom stereocenters. The van der Waals surface area contributed by atoms with Gasteiger partial charge < -0.3 is 10.0 Å². The number of aromatic nitrogens is 1. The van der Waals surface area contributed by atoms with E-state index in [1.54, 1.807) is 12.3 Å². The van der Waals surface area contributed by atoms with Crippen LogP contribution in [0.5, 0.6) is 0 Å². The standard InChI is InChI=1S/C16H23N3O3/c1-11-6-7-15(20)12(10-11)13-5-3-9-18(13)16-14(19(21)22)4-2-8-17-16/h2,4,8,11-13,15,20H,3,5-7,9-10H2,1H3/t11-,12+,13+,15+/m1/s1. The molecule has 0 spiro atoms. The van der Waals surface area contributed by atoms with Gasteiger partial charge in [0.15, 0.2) is 0 Å². The molecule has 1 aliphatic carbocycles. The summed E-state index contributed by atoms with van der Waals surface area (Å²) < 4.78 is 0. The van der Waals surface area contributed by atoms with Gasteiger partial charge in [-0.3, -0.25) is 10.1 Å². The van der Waals surface area contributed by atoms with Gasteiger partial charge in [0.25, 0.3) is 0 Å². The van der Waals surface area contributed by atoms with Crippen LogP contribution in [0.15, 0.2) is 18.3 Å². The average Bonchev–Trinajstić information content (AvgIpc) is 2.98. The SMILES string of the molecule is C[C@@H]1CC[C@H](O)[C@H]([C@@H]2CCCN2c2ncccc2[N+](=O)[O-])C1. The first-order valence-corrected chi connectivity index (χ1v) is 8.12. The van der Waals surface area contributed by atoms with Crippen LogP contribution < -0.4 is 4.90 Å². The molecule has 2 aliphatic rings. The van der Waals surface area contributed by atoms with Gasteiger partial charge in [-0.1, -0.05) is 6.92 Å². The number of aliphatic hydroxyl groups excluding tert-OH is 1. The van der Waals surface area contributed by atoms with E-state index < -0.39 is 0 Å². The van der Waals surface area contributed by atoms with E-state index in [0.717, 1.165) is 38.6 Å². The van der Waals surface area contributed by atoms with Gasteiger partial charge in [-0.25, -0.2) is 4.98 Å². The molecule has 3 rings (SSSR count). The van der Waals surface area contributed by atoms with Crippen LogP contribution in [0.4, 0.5) is 11.5 Å². The number of hydrogen-bond acceptors (Lipinski definition) is 5. The predicted molar refractivity (Wildman–Crippen MR) is 83.8 cm³/mol. The van der Waals surface area contributed by atoms with Crippen molar-refractivity contribution in [1.29, 1.82) is 0 Å². The summed E-state index contributed by atoms with van der Waals surface area (Å²) in [5, 5.41) is 21.7. The lowest BCUT2D eigenvalue weighted by Gasteiger charge is -2.39. The fourth-order valence-electron chi connectivity index (χ4n) is 4.08. The zero-order valence-electron chi connectivity index (χ0n) is 12.9. The highest BCUT2D eigenvalue weighted by Crippen LogP contribution is 2.40. The fourth-order valence-corrected chi connectivity index (χ4v) is 4.08. The summed E-state index contributed by atoms with van der Waals surface area (Å²) in [6.07, 6.45) is 6.16. The maximum Gasteiger partial charge on any atom is 0.311 e. The van der Waals surface area contributed by atoms with Crippen molar-refractivity contribution >= 4 is 11.5 Å². The summed E-state index contributed by atoms with van der Waals surface area (Å²) in [5.41, 5.74) is 0.0627. The normalized spacial score (nSPS) is 32.2. The van der Waals surface area contributed by atoms with Crippen molar-refractivity contribution in [2.75, 3.05) is 11.4 Å². The third-order valence-electron chi connectivity index (χ3n) is 5.15. The van der Waals surface area contributed by atoms with Gasteiger partial charge in [0.05, 0.1) is 11.0 Å². The van der Waals surface area contributed by atoms with E-state index in [-0.39, 0.29) is 28.7 Å². The summed E-state index contributed by atoms with van der Waals surface area (Å²) in [4.78, 5) is 17.2. The Hall–Kier alpha value is -1.69. The van der Waals surface area contributed by atoms with Crippen LogP contribution in [0.2, 0.25) is 0 Å². The minimum Gasteiger partial charge on any atom is -0.393 e. The molecule has 0 aromatic carbocycles. The maximum absolute atomic E-state index is 11.3. The third kappa shape index (κ3) is 2.79. The van der Waals surface area contributed by atoms with E-state index in [1.807, 2.05) is 0 Å². The Kier molecular flexibility index (Phi) is 4.29. The first kappa shape index (κ1) is 15.2. The third-order valence-corrected chi connectivity index (χ3v) is 5.15. The average molecular weight is 305 g/mol. The van der Waals surface area contributed by atoms with E-state index in [1.165, 1.54) is 6.07 Å². The molecule has 2 fully saturated rings. The highest BCUT2D eigenvalue weighted by molar-refractivity contribution is 5.58. The number of nitro groups is 1. The summed E-state index contributed by atoms with van der Waals surface area (Å²) >= 11 is 0. The van der Waals surface area contributed by atoms with Gasteiger partial charge in [0, 0.05) is 30.8 Å². The molecular formula is C16H23N3O3. The molecule has 22 heavy (non-hydrogen) atoms. The molecule has 1 aromatic heterocycles. The molecule has 2 heterocycles. The van der Waals surface area contributed by atoms with Gasteiger partial charge in [-0.15, -0.1) is 0 Å². The van der Waals surface area contributed by atoms with Gasteiger partial charge in [-0.2, -0.15) is 0 Å². The quantitative estimate of drug-likeness (QED) is 0.686. The molecule has 0 bridgehead atoms.